The van der Waals surface area contributed by atoms with Crippen molar-refractivity contribution in [2.75, 3.05) is 19.0 Å². The van der Waals surface area contributed by atoms with Gasteiger partial charge in [-0.05, 0) is 30.5 Å². The fourth-order valence-electron chi connectivity index (χ4n) is 1.82. The number of nitrogens with one attached hydrogen (secondary N) is 2. The lowest BCUT2D eigenvalue weighted by molar-refractivity contribution is -0.136. The van der Waals surface area contributed by atoms with Crippen LogP contribution in [0.5, 0.6) is 0 Å². The Kier molecular flexibility index (Phi) is 7.25. The molecule has 0 fully saturated rings. The van der Waals surface area contributed by atoms with Crippen LogP contribution in [-0.2, 0) is 16.0 Å². The number of aliphatic carboxylic acids is 1. The normalized spacial score (nSPS) is 11.7. The number of carboxylic acid groups (broad SMARTS) is 1. The first-order valence-corrected chi connectivity index (χ1v) is 6.92. The van der Waals surface area contributed by atoms with E-state index in [1.807, 2.05) is 19.1 Å². The molecule has 1 unspecified atom stereocenters. The monoisotopic (exact) mass is 294 g/mol. The van der Waals surface area contributed by atoms with Crippen molar-refractivity contribution in [2.24, 2.45) is 0 Å². The highest BCUT2D eigenvalue weighted by atomic mass is 16.5. The van der Waals surface area contributed by atoms with Gasteiger partial charge in [0.2, 0.25) is 0 Å². The van der Waals surface area contributed by atoms with Crippen LogP contribution >= 0.6 is 0 Å². The van der Waals surface area contributed by atoms with Gasteiger partial charge in [-0.3, -0.25) is 4.79 Å². The van der Waals surface area contributed by atoms with Crippen molar-refractivity contribution in [1.29, 1.82) is 0 Å². The topological polar surface area (TPSA) is 87.7 Å². The second-order valence-corrected chi connectivity index (χ2v) is 4.75. The molecular formula is C15H22N2O4. The highest BCUT2D eigenvalue weighted by Gasteiger charge is 2.10. The average Bonchev–Trinajstić information content (AvgIpc) is 2.46. The van der Waals surface area contributed by atoms with Crippen molar-refractivity contribution in [3.8, 4) is 0 Å². The molecule has 21 heavy (non-hydrogen) atoms. The quantitative estimate of drug-likeness (QED) is 0.686. The maximum Gasteiger partial charge on any atom is 0.319 e. The molecule has 1 aromatic rings. The molecule has 116 valence electrons. The van der Waals surface area contributed by atoms with Gasteiger partial charge in [-0.25, -0.2) is 4.79 Å². The lowest BCUT2D eigenvalue weighted by Crippen LogP contribution is -2.40. The van der Waals surface area contributed by atoms with Crippen LogP contribution in [0.3, 0.4) is 0 Å². The number of methoxy groups -OCH3 is 1. The maximum atomic E-state index is 11.8. The smallest absolute Gasteiger partial charge is 0.319 e. The number of carbonyl (C=O) groups is 2. The van der Waals surface area contributed by atoms with Crippen LogP contribution in [0.15, 0.2) is 24.3 Å². The molecule has 0 heterocycles. The number of carboxylic acids is 1. The molecule has 1 aromatic carbocycles. The lowest BCUT2D eigenvalue weighted by Gasteiger charge is -2.16. The number of hydrogen-bond acceptors (Lipinski definition) is 3. The molecular weight excluding hydrogens is 272 g/mol. The largest absolute Gasteiger partial charge is 0.481 e. The van der Waals surface area contributed by atoms with Gasteiger partial charge < -0.3 is 20.5 Å². The third-order valence-corrected chi connectivity index (χ3v) is 3.04. The Balaban J connectivity index is 2.47. The van der Waals surface area contributed by atoms with E-state index in [2.05, 4.69) is 10.6 Å². The maximum absolute atomic E-state index is 11.8. The zero-order chi connectivity index (χ0) is 15.7. The highest BCUT2D eigenvalue weighted by Crippen LogP contribution is 2.11. The van der Waals surface area contributed by atoms with E-state index >= 15 is 0 Å². The van der Waals surface area contributed by atoms with Crippen LogP contribution in [0.2, 0.25) is 0 Å². The summed E-state index contributed by atoms with van der Waals surface area (Å²) in [6, 6.07) is 6.83. The number of amides is 2. The highest BCUT2D eigenvalue weighted by molar-refractivity contribution is 5.89. The van der Waals surface area contributed by atoms with E-state index in [4.69, 9.17) is 9.84 Å². The first kappa shape index (κ1) is 17.0. The number of urea groups is 1. The van der Waals surface area contributed by atoms with Gasteiger partial charge in [0.05, 0.1) is 12.6 Å². The minimum Gasteiger partial charge on any atom is -0.481 e. The van der Waals surface area contributed by atoms with Crippen LogP contribution < -0.4 is 10.6 Å². The Hall–Kier alpha value is -2.08. The molecule has 6 nitrogen and oxygen atoms in total. The van der Waals surface area contributed by atoms with Crippen LogP contribution in [0.25, 0.3) is 0 Å². The molecule has 0 aromatic heterocycles. The number of aryl methyl sites for hydroxylation is 1. The summed E-state index contributed by atoms with van der Waals surface area (Å²) in [6.45, 7) is 2.44. The fourth-order valence-corrected chi connectivity index (χ4v) is 1.82. The third kappa shape index (κ3) is 6.76. The van der Waals surface area contributed by atoms with Crippen molar-refractivity contribution >= 4 is 17.7 Å². The van der Waals surface area contributed by atoms with Gasteiger partial charge in [-0.15, -0.1) is 0 Å². The summed E-state index contributed by atoms with van der Waals surface area (Å²) < 4.78 is 5.02. The molecule has 0 spiro atoms. The lowest BCUT2D eigenvalue weighted by atomic mass is 10.1. The third-order valence-electron chi connectivity index (χ3n) is 3.04. The minimum absolute atomic E-state index is 0.0233. The van der Waals surface area contributed by atoms with Gasteiger partial charge in [0.25, 0.3) is 0 Å². The number of ether oxygens (including phenoxy) is 1. The number of rotatable bonds is 8. The number of anilines is 1. The summed E-state index contributed by atoms with van der Waals surface area (Å²) in [5.41, 5.74) is 1.59. The van der Waals surface area contributed by atoms with E-state index in [1.165, 1.54) is 0 Å². The standard InChI is InChI=1S/C15H22N2O4/c1-3-12(10-21-2)16-15(20)17-13-7-4-11(5-8-13)6-9-14(18)19/h4-5,7-8,12H,3,6,9-10H2,1-2H3,(H,18,19)(H2,16,17,20). The Morgan fingerprint density at radius 2 is 1.95 bits per heavy atom. The molecule has 0 saturated heterocycles. The van der Waals surface area contributed by atoms with E-state index < -0.39 is 5.97 Å². The predicted octanol–water partition coefficient (Wildman–Crippen LogP) is 2.25. The number of hydrogen-bond donors (Lipinski definition) is 3. The van der Waals surface area contributed by atoms with E-state index in [0.29, 0.717) is 18.7 Å². The van der Waals surface area contributed by atoms with E-state index in [0.717, 1.165) is 12.0 Å². The van der Waals surface area contributed by atoms with E-state index in [-0.39, 0.29) is 18.5 Å². The zero-order valence-electron chi connectivity index (χ0n) is 12.4. The average molecular weight is 294 g/mol. The molecule has 0 saturated carbocycles. The van der Waals surface area contributed by atoms with Gasteiger partial charge in [0, 0.05) is 19.2 Å². The van der Waals surface area contributed by atoms with Crippen molar-refractivity contribution < 1.29 is 19.4 Å². The van der Waals surface area contributed by atoms with Gasteiger partial charge in [0.15, 0.2) is 0 Å². The summed E-state index contributed by atoms with van der Waals surface area (Å²) in [4.78, 5) is 22.3. The van der Waals surface area contributed by atoms with Gasteiger partial charge >= 0.3 is 12.0 Å². The Morgan fingerprint density at radius 1 is 1.29 bits per heavy atom. The molecule has 0 aliphatic rings. The summed E-state index contributed by atoms with van der Waals surface area (Å²) >= 11 is 0. The summed E-state index contributed by atoms with van der Waals surface area (Å²) in [7, 11) is 1.60. The van der Waals surface area contributed by atoms with Crippen molar-refractivity contribution in [3.63, 3.8) is 0 Å². The molecule has 6 heteroatoms. The second-order valence-electron chi connectivity index (χ2n) is 4.75. The summed E-state index contributed by atoms with van der Waals surface area (Å²) in [5.74, 6) is -0.819. The summed E-state index contributed by atoms with van der Waals surface area (Å²) in [5, 5.41) is 14.2. The van der Waals surface area contributed by atoms with Gasteiger partial charge in [-0.2, -0.15) is 0 Å². The van der Waals surface area contributed by atoms with Crippen molar-refractivity contribution in [3.05, 3.63) is 29.8 Å². The SMILES string of the molecule is CCC(COC)NC(=O)Nc1ccc(CCC(=O)O)cc1. The molecule has 0 aliphatic carbocycles. The molecule has 1 atom stereocenters. The first-order chi connectivity index (χ1) is 10.0. The molecule has 0 bridgehead atoms. The predicted molar refractivity (Wildman–Crippen MR) is 80.5 cm³/mol. The van der Waals surface area contributed by atoms with Crippen LogP contribution in [0, 0.1) is 0 Å². The fraction of sp³-hybridized carbons (Fsp3) is 0.467. The van der Waals surface area contributed by atoms with Crippen molar-refractivity contribution in [2.45, 2.75) is 32.2 Å². The molecule has 0 aliphatic heterocycles. The van der Waals surface area contributed by atoms with Crippen LogP contribution in [0.1, 0.15) is 25.3 Å². The van der Waals surface area contributed by atoms with Crippen LogP contribution in [-0.4, -0.2) is 36.9 Å². The van der Waals surface area contributed by atoms with Gasteiger partial charge in [0.1, 0.15) is 0 Å². The second kappa shape index (κ2) is 8.97. The zero-order valence-corrected chi connectivity index (χ0v) is 12.4. The molecule has 0 radical (unpaired) electrons. The minimum atomic E-state index is -0.819. The van der Waals surface area contributed by atoms with E-state index in [1.54, 1.807) is 19.2 Å². The molecule has 1 rings (SSSR count). The summed E-state index contributed by atoms with van der Waals surface area (Å²) in [6.07, 6.45) is 1.37. The van der Waals surface area contributed by atoms with Crippen LogP contribution in [0.4, 0.5) is 10.5 Å². The van der Waals surface area contributed by atoms with Crippen molar-refractivity contribution in [1.82, 2.24) is 5.32 Å². The Morgan fingerprint density at radius 3 is 2.48 bits per heavy atom. The molecule has 3 N–H and O–H groups in total. The number of carbonyl (C=O) groups excluding carboxylic acids is 1. The Bertz CT molecular complexity index is 459. The van der Waals surface area contributed by atoms with E-state index in [9.17, 15) is 9.59 Å². The van der Waals surface area contributed by atoms with Gasteiger partial charge in [-0.1, -0.05) is 19.1 Å². The number of benzene rings is 1. The molecule has 2 amide bonds. The first-order valence-electron chi connectivity index (χ1n) is 6.92. The Labute approximate surface area is 124 Å².